The van der Waals surface area contributed by atoms with Gasteiger partial charge in [0.2, 0.25) is 0 Å². The molecule has 0 amide bonds. The molecular formula is C44H84O6. The number of carbonyl (C=O) groups excluding carboxylic acids is 3. The number of carbonyl (C=O) groups is 3. The van der Waals surface area contributed by atoms with Crippen molar-refractivity contribution in [1.29, 1.82) is 0 Å². The summed E-state index contributed by atoms with van der Waals surface area (Å²) >= 11 is 0. The second kappa shape index (κ2) is 37.2. The lowest BCUT2D eigenvalue weighted by Gasteiger charge is -2.18. The minimum atomic E-state index is -0.759. The largest absolute Gasteiger partial charge is 0.462 e. The fraction of sp³-hybridized carbons (Fsp3) is 0.932. The topological polar surface area (TPSA) is 78.9 Å². The van der Waals surface area contributed by atoms with Gasteiger partial charge in [-0.05, 0) is 31.1 Å². The van der Waals surface area contributed by atoms with E-state index >= 15 is 0 Å². The van der Waals surface area contributed by atoms with Crippen LogP contribution in [0.4, 0.5) is 0 Å². The van der Waals surface area contributed by atoms with Crippen LogP contribution in [0, 0.1) is 11.8 Å². The molecule has 0 N–H and O–H groups in total. The maximum atomic E-state index is 12.7. The van der Waals surface area contributed by atoms with E-state index in [0.717, 1.165) is 69.6 Å². The first-order valence-electron chi connectivity index (χ1n) is 21.7. The average Bonchev–Trinajstić information content (AvgIpc) is 3.08. The Bertz CT molecular complexity index is 764. The van der Waals surface area contributed by atoms with E-state index in [1.807, 2.05) is 0 Å². The van der Waals surface area contributed by atoms with Crippen molar-refractivity contribution >= 4 is 17.9 Å². The molecule has 0 aliphatic rings. The Balaban J connectivity index is 4.28. The number of ether oxygens (including phenoxy) is 3. The average molecular weight is 709 g/mol. The van der Waals surface area contributed by atoms with Crippen LogP contribution < -0.4 is 0 Å². The highest BCUT2D eigenvalue weighted by molar-refractivity contribution is 5.71. The maximum absolute atomic E-state index is 12.7. The van der Waals surface area contributed by atoms with Gasteiger partial charge in [-0.1, -0.05) is 195 Å². The molecule has 0 radical (unpaired) electrons. The van der Waals surface area contributed by atoms with Crippen molar-refractivity contribution in [2.24, 2.45) is 11.8 Å². The van der Waals surface area contributed by atoms with E-state index in [0.29, 0.717) is 19.3 Å². The van der Waals surface area contributed by atoms with Crippen LogP contribution >= 0.6 is 0 Å². The minimum absolute atomic E-state index is 0.0664. The fourth-order valence-electron chi connectivity index (χ4n) is 6.40. The van der Waals surface area contributed by atoms with E-state index < -0.39 is 6.10 Å². The maximum Gasteiger partial charge on any atom is 0.306 e. The third kappa shape index (κ3) is 37.7. The first-order chi connectivity index (χ1) is 24.2. The number of unbranched alkanes of at least 4 members (excludes halogenated alkanes) is 23. The molecule has 0 fully saturated rings. The zero-order chi connectivity index (χ0) is 36.9. The highest BCUT2D eigenvalue weighted by atomic mass is 16.6. The summed E-state index contributed by atoms with van der Waals surface area (Å²) in [7, 11) is 0. The molecule has 0 aliphatic carbocycles. The Kier molecular flexibility index (Phi) is 36.0. The molecule has 6 nitrogen and oxygen atoms in total. The van der Waals surface area contributed by atoms with Crippen molar-refractivity contribution in [2.75, 3.05) is 13.2 Å². The van der Waals surface area contributed by atoms with Gasteiger partial charge in [0, 0.05) is 19.3 Å². The van der Waals surface area contributed by atoms with Gasteiger partial charge >= 0.3 is 17.9 Å². The van der Waals surface area contributed by atoms with Crippen LogP contribution in [0.25, 0.3) is 0 Å². The number of hydrogen-bond donors (Lipinski definition) is 0. The predicted octanol–water partition coefficient (Wildman–Crippen LogP) is 13.4. The van der Waals surface area contributed by atoms with Crippen molar-refractivity contribution in [3.63, 3.8) is 0 Å². The molecule has 0 heterocycles. The van der Waals surface area contributed by atoms with Crippen molar-refractivity contribution < 1.29 is 28.6 Å². The highest BCUT2D eigenvalue weighted by Gasteiger charge is 2.19. The Labute approximate surface area is 310 Å². The molecule has 1 atom stereocenters. The van der Waals surface area contributed by atoms with Gasteiger partial charge < -0.3 is 14.2 Å². The van der Waals surface area contributed by atoms with E-state index in [-0.39, 0.29) is 31.1 Å². The molecular weight excluding hydrogens is 624 g/mol. The lowest BCUT2D eigenvalue weighted by molar-refractivity contribution is -0.167. The Morgan fingerprint density at radius 3 is 0.980 bits per heavy atom. The van der Waals surface area contributed by atoms with E-state index in [9.17, 15) is 14.4 Å². The van der Waals surface area contributed by atoms with E-state index in [2.05, 4.69) is 34.6 Å². The summed E-state index contributed by atoms with van der Waals surface area (Å²) in [4.78, 5) is 37.5. The second-order valence-corrected chi connectivity index (χ2v) is 15.9. The SMILES string of the molecule is CCCCCCCCCC(=O)OC[C@H](COC(=O)CCCCCCCCCC(C)C)OC(=O)CCCCCCCCCCCCCCC(C)C. The molecule has 0 rings (SSSR count). The van der Waals surface area contributed by atoms with Crippen LogP contribution in [0.3, 0.4) is 0 Å². The zero-order valence-corrected chi connectivity index (χ0v) is 34.0. The monoisotopic (exact) mass is 709 g/mol. The molecule has 6 heteroatoms. The summed E-state index contributed by atoms with van der Waals surface area (Å²) in [6.45, 7) is 11.2. The highest BCUT2D eigenvalue weighted by Crippen LogP contribution is 2.16. The molecule has 0 aromatic carbocycles. The minimum Gasteiger partial charge on any atom is -0.462 e. The predicted molar refractivity (Wildman–Crippen MR) is 210 cm³/mol. The van der Waals surface area contributed by atoms with Gasteiger partial charge in [0.15, 0.2) is 6.10 Å². The summed E-state index contributed by atoms with van der Waals surface area (Å²) in [6, 6.07) is 0. The number of rotatable bonds is 38. The Morgan fingerprint density at radius 1 is 0.380 bits per heavy atom. The summed E-state index contributed by atoms with van der Waals surface area (Å²) in [5.41, 5.74) is 0. The number of hydrogen-bond acceptors (Lipinski definition) is 6. The normalized spacial score (nSPS) is 12.1. The molecule has 0 saturated carbocycles. The zero-order valence-electron chi connectivity index (χ0n) is 34.0. The standard InChI is InChI=1S/C44H84O6/c1-6-7-8-9-17-24-29-34-42(45)48-37-41(38-49-43(46)35-30-25-21-16-19-23-28-33-40(4)5)50-44(47)36-31-26-20-15-13-11-10-12-14-18-22-27-32-39(2)3/h39-41H,6-38H2,1-5H3/t41-/m1/s1. The summed E-state index contributed by atoms with van der Waals surface area (Å²) in [5.74, 6) is 0.745. The lowest BCUT2D eigenvalue weighted by atomic mass is 10.0. The third-order valence-corrected chi connectivity index (χ3v) is 9.72. The van der Waals surface area contributed by atoms with Crippen LogP contribution in [0.1, 0.15) is 234 Å². The molecule has 0 bridgehead atoms. The lowest BCUT2D eigenvalue weighted by Crippen LogP contribution is -2.30. The van der Waals surface area contributed by atoms with Gasteiger partial charge in [-0.3, -0.25) is 14.4 Å². The van der Waals surface area contributed by atoms with Gasteiger partial charge in [0.25, 0.3) is 0 Å². The van der Waals surface area contributed by atoms with E-state index in [1.165, 1.54) is 122 Å². The van der Waals surface area contributed by atoms with Crippen LogP contribution in [-0.4, -0.2) is 37.2 Å². The van der Waals surface area contributed by atoms with Gasteiger partial charge in [-0.15, -0.1) is 0 Å². The molecule has 0 aromatic heterocycles. The van der Waals surface area contributed by atoms with E-state index in [4.69, 9.17) is 14.2 Å². The molecule has 296 valence electrons. The van der Waals surface area contributed by atoms with Crippen molar-refractivity contribution in [1.82, 2.24) is 0 Å². The molecule has 0 aromatic rings. The quantitative estimate of drug-likeness (QED) is 0.0361. The van der Waals surface area contributed by atoms with Gasteiger partial charge in [0.05, 0.1) is 0 Å². The van der Waals surface area contributed by atoms with Gasteiger partial charge in [-0.25, -0.2) is 0 Å². The third-order valence-electron chi connectivity index (χ3n) is 9.72. The molecule has 0 spiro atoms. The van der Waals surface area contributed by atoms with Crippen LogP contribution in [0.2, 0.25) is 0 Å². The molecule has 50 heavy (non-hydrogen) atoms. The Morgan fingerprint density at radius 2 is 0.660 bits per heavy atom. The van der Waals surface area contributed by atoms with Gasteiger partial charge in [-0.2, -0.15) is 0 Å². The van der Waals surface area contributed by atoms with Crippen molar-refractivity contribution in [3.05, 3.63) is 0 Å². The summed E-state index contributed by atoms with van der Waals surface area (Å²) in [5, 5.41) is 0. The van der Waals surface area contributed by atoms with E-state index in [1.54, 1.807) is 0 Å². The summed E-state index contributed by atoms with van der Waals surface area (Å²) in [6.07, 6.45) is 33.9. The Hall–Kier alpha value is -1.59. The molecule has 0 saturated heterocycles. The van der Waals surface area contributed by atoms with Crippen LogP contribution in [0.15, 0.2) is 0 Å². The van der Waals surface area contributed by atoms with Crippen molar-refractivity contribution in [3.8, 4) is 0 Å². The molecule has 0 aliphatic heterocycles. The van der Waals surface area contributed by atoms with Crippen LogP contribution in [0.5, 0.6) is 0 Å². The van der Waals surface area contributed by atoms with Crippen molar-refractivity contribution in [2.45, 2.75) is 240 Å². The smallest absolute Gasteiger partial charge is 0.306 e. The number of esters is 3. The first-order valence-corrected chi connectivity index (χ1v) is 21.7. The first kappa shape index (κ1) is 48.4. The second-order valence-electron chi connectivity index (χ2n) is 15.9. The van der Waals surface area contributed by atoms with Gasteiger partial charge in [0.1, 0.15) is 13.2 Å². The molecule has 0 unspecified atom stereocenters. The van der Waals surface area contributed by atoms with Crippen LogP contribution in [-0.2, 0) is 28.6 Å². The fourth-order valence-corrected chi connectivity index (χ4v) is 6.40. The summed E-state index contributed by atoms with van der Waals surface area (Å²) < 4.78 is 16.6.